The number of hydrogen-bond donors (Lipinski definition) is 2. The van der Waals surface area contributed by atoms with Crippen LogP contribution in [0.2, 0.25) is 0 Å². The lowest BCUT2D eigenvalue weighted by atomic mass is 10.1. The molecule has 0 unspecified atom stereocenters. The summed E-state index contributed by atoms with van der Waals surface area (Å²) >= 11 is 0. The van der Waals surface area contributed by atoms with Crippen LogP contribution in [0.15, 0.2) is 54.7 Å². The van der Waals surface area contributed by atoms with Gasteiger partial charge in [0.2, 0.25) is 0 Å². The third-order valence-electron chi connectivity index (χ3n) is 4.23. The van der Waals surface area contributed by atoms with Crippen molar-refractivity contribution in [3.05, 3.63) is 71.5 Å². The molecule has 0 saturated heterocycles. The van der Waals surface area contributed by atoms with Gasteiger partial charge in [-0.05, 0) is 31.5 Å². The minimum atomic E-state index is -0.456. The van der Waals surface area contributed by atoms with E-state index in [-0.39, 0.29) is 23.9 Å². The van der Waals surface area contributed by atoms with Crippen molar-refractivity contribution >= 4 is 23.4 Å². The summed E-state index contributed by atoms with van der Waals surface area (Å²) in [5.41, 5.74) is 9.81. The van der Waals surface area contributed by atoms with Crippen LogP contribution in [0.5, 0.6) is 0 Å². The number of carbonyl (C=O) groups is 2. The van der Waals surface area contributed by atoms with Gasteiger partial charge in [-0.15, -0.1) is 0 Å². The normalized spacial score (nSPS) is 10.4. The summed E-state index contributed by atoms with van der Waals surface area (Å²) in [6, 6.07) is 14.7. The summed E-state index contributed by atoms with van der Waals surface area (Å²) < 4.78 is 4.93. The van der Waals surface area contributed by atoms with Gasteiger partial charge in [0, 0.05) is 11.3 Å². The third kappa shape index (κ3) is 5.16. The van der Waals surface area contributed by atoms with Gasteiger partial charge in [-0.3, -0.25) is 9.59 Å². The van der Waals surface area contributed by atoms with Gasteiger partial charge in [0.15, 0.2) is 11.5 Å². The maximum atomic E-state index is 12.7. The number of nitrogens with one attached hydrogen (secondary N) is 1. The predicted octanol–water partition coefficient (Wildman–Crippen LogP) is 3.39. The Morgan fingerprint density at radius 1 is 1.07 bits per heavy atom. The predicted molar refractivity (Wildman–Crippen MR) is 111 cm³/mol. The fourth-order valence-electron chi connectivity index (χ4n) is 2.70. The fraction of sp³-hybridized carbons (Fsp3) is 0.182. The molecule has 7 heteroatoms. The van der Waals surface area contributed by atoms with E-state index in [0.717, 1.165) is 16.7 Å². The molecule has 0 bridgehead atoms. The number of anilines is 2. The van der Waals surface area contributed by atoms with Crippen LogP contribution in [0.4, 0.5) is 11.5 Å². The highest BCUT2D eigenvalue weighted by atomic mass is 16.5. The fourth-order valence-corrected chi connectivity index (χ4v) is 2.70. The largest absolute Gasteiger partial charge is 0.466 e. The SMILES string of the molecule is CCOC(=O)Cc1ccc(NC(=O)c2nc(-c3ccc(C)cc3)cnc2N)cc1. The molecule has 2 aromatic carbocycles. The summed E-state index contributed by atoms with van der Waals surface area (Å²) in [4.78, 5) is 32.7. The van der Waals surface area contributed by atoms with Gasteiger partial charge in [0.05, 0.1) is 24.9 Å². The van der Waals surface area contributed by atoms with E-state index in [4.69, 9.17) is 10.5 Å². The molecule has 0 radical (unpaired) electrons. The van der Waals surface area contributed by atoms with E-state index in [1.807, 2.05) is 31.2 Å². The molecule has 1 aromatic heterocycles. The van der Waals surface area contributed by atoms with Crippen LogP contribution in [-0.2, 0) is 16.0 Å². The average Bonchev–Trinajstić information content (AvgIpc) is 2.70. The average molecular weight is 390 g/mol. The first-order chi connectivity index (χ1) is 14.0. The number of hydrogen-bond acceptors (Lipinski definition) is 6. The van der Waals surface area contributed by atoms with Gasteiger partial charge in [-0.2, -0.15) is 0 Å². The van der Waals surface area contributed by atoms with E-state index in [1.165, 1.54) is 0 Å². The van der Waals surface area contributed by atoms with Crippen molar-refractivity contribution in [2.45, 2.75) is 20.3 Å². The van der Waals surface area contributed by atoms with Crippen molar-refractivity contribution < 1.29 is 14.3 Å². The molecule has 29 heavy (non-hydrogen) atoms. The number of aromatic nitrogens is 2. The standard InChI is InChI=1S/C22H22N4O3/c1-3-29-19(27)12-15-6-10-17(11-7-15)25-22(28)20-21(23)24-13-18(26-20)16-8-4-14(2)5-9-16/h4-11,13H,3,12H2,1-2H3,(H2,23,24)(H,25,28). The van der Waals surface area contributed by atoms with Crippen molar-refractivity contribution in [3.8, 4) is 11.3 Å². The van der Waals surface area contributed by atoms with Gasteiger partial charge in [0.1, 0.15) is 0 Å². The molecule has 0 fully saturated rings. The van der Waals surface area contributed by atoms with E-state index in [2.05, 4.69) is 15.3 Å². The quantitative estimate of drug-likeness (QED) is 0.625. The third-order valence-corrected chi connectivity index (χ3v) is 4.23. The van der Waals surface area contributed by atoms with E-state index in [9.17, 15) is 9.59 Å². The number of carbonyl (C=O) groups excluding carboxylic acids is 2. The van der Waals surface area contributed by atoms with Crippen molar-refractivity contribution in [3.63, 3.8) is 0 Å². The minimum Gasteiger partial charge on any atom is -0.466 e. The Bertz CT molecular complexity index is 1020. The number of ether oxygens (including phenoxy) is 1. The summed E-state index contributed by atoms with van der Waals surface area (Å²) in [7, 11) is 0. The van der Waals surface area contributed by atoms with Gasteiger partial charge >= 0.3 is 5.97 Å². The molecule has 1 heterocycles. The van der Waals surface area contributed by atoms with Gasteiger partial charge < -0.3 is 15.8 Å². The number of benzene rings is 2. The zero-order valence-corrected chi connectivity index (χ0v) is 16.3. The van der Waals surface area contributed by atoms with Crippen molar-refractivity contribution in [2.75, 3.05) is 17.7 Å². The maximum Gasteiger partial charge on any atom is 0.310 e. The Morgan fingerprint density at radius 3 is 2.41 bits per heavy atom. The lowest BCUT2D eigenvalue weighted by Crippen LogP contribution is -2.17. The molecule has 0 saturated carbocycles. The molecular weight excluding hydrogens is 368 g/mol. The van der Waals surface area contributed by atoms with Crippen LogP contribution in [0.25, 0.3) is 11.3 Å². The highest BCUT2D eigenvalue weighted by Gasteiger charge is 2.15. The molecule has 0 aliphatic rings. The van der Waals surface area contributed by atoms with Crippen molar-refractivity contribution in [1.29, 1.82) is 0 Å². The molecule has 7 nitrogen and oxygen atoms in total. The van der Waals surface area contributed by atoms with Gasteiger partial charge in [-0.1, -0.05) is 42.0 Å². The highest BCUT2D eigenvalue weighted by Crippen LogP contribution is 2.20. The Hall–Kier alpha value is -3.74. The Labute approximate surface area is 169 Å². The van der Waals surface area contributed by atoms with E-state index >= 15 is 0 Å². The first kappa shape index (κ1) is 20.0. The topological polar surface area (TPSA) is 107 Å². The lowest BCUT2D eigenvalue weighted by Gasteiger charge is -2.09. The highest BCUT2D eigenvalue weighted by molar-refractivity contribution is 6.06. The first-order valence-electron chi connectivity index (χ1n) is 9.21. The summed E-state index contributed by atoms with van der Waals surface area (Å²) in [6.45, 7) is 4.10. The number of esters is 1. The number of nitrogens with zero attached hydrogens (tertiary/aromatic N) is 2. The summed E-state index contributed by atoms with van der Waals surface area (Å²) in [6.07, 6.45) is 1.72. The number of nitrogen functional groups attached to an aromatic ring is 1. The number of nitrogens with two attached hydrogens (primary N) is 1. The smallest absolute Gasteiger partial charge is 0.310 e. The molecule has 3 rings (SSSR count). The second-order valence-corrected chi connectivity index (χ2v) is 6.49. The summed E-state index contributed by atoms with van der Waals surface area (Å²) in [5.74, 6) is -0.695. The molecular formula is C22H22N4O3. The van der Waals surface area contributed by atoms with Crippen molar-refractivity contribution in [2.24, 2.45) is 0 Å². The van der Waals surface area contributed by atoms with E-state index < -0.39 is 5.91 Å². The van der Waals surface area contributed by atoms with Crippen LogP contribution < -0.4 is 11.1 Å². The zero-order chi connectivity index (χ0) is 20.8. The lowest BCUT2D eigenvalue weighted by molar-refractivity contribution is -0.142. The summed E-state index contributed by atoms with van der Waals surface area (Å²) in [5, 5.41) is 2.75. The first-order valence-corrected chi connectivity index (χ1v) is 9.21. The van der Waals surface area contributed by atoms with E-state index in [1.54, 1.807) is 37.4 Å². The Balaban J connectivity index is 1.74. The van der Waals surface area contributed by atoms with E-state index in [0.29, 0.717) is 18.0 Å². The molecule has 0 aliphatic heterocycles. The Morgan fingerprint density at radius 2 is 1.76 bits per heavy atom. The molecule has 0 atom stereocenters. The van der Waals surface area contributed by atoms with Gasteiger partial charge in [0.25, 0.3) is 5.91 Å². The van der Waals surface area contributed by atoms with Crippen LogP contribution in [0, 0.1) is 6.92 Å². The van der Waals surface area contributed by atoms with Crippen LogP contribution in [0.1, 0.15) is 28.5 Å². The Kier molecular flexibility index (Phi) is 6.19. The second kappa shape index (κ2) is 8.97. The monoisotopic (exact) mass is 390 g/mol. The molecule has 0 spiro atoms. The van der Waals surface area contributed by atoms with Gasteiger partial charge in [-0.25, -0.2) is 9.97 Å². The number of aryl methyl sites for hydroxylation is 1. The number of amides is 1. The molecule has 3 aromatic rings. The minimum absolute atomic E-state index is 0.0530. The van der Waals surface area contributed by atoms with Crippen LogP contribution >= 0.6 is 0 Å². The van der Waals surface area contributed by atoms with Crippen LogP contribution in [-0.4, -0.2) is 28.5 Å². The maximum absolute atomic E-state index is 12.7. The molecule has 0 aliphatic carbocycles. The van der Waals surface area contributed by atoms with Crippen molar-refractivity contribution in [1.82, 2.24) is 9.97 Å². The molecule has 1 amide bonds. The zero-order valence-electron chi connectivity index (χ0n) is 16.3. The number of rotatable bonds is 6. The second-order valence-electron chi connectivity index (χ2n) is 6.49. The van der Waals surface area contributed by atoms with Crippen LogP contribution in [0.3, 0.4) is 0 Å². The molecule has 148 valence electrons. The molecule has 3 N–H and O–H groups in total.